The Morgan fingerprint density at radius 2 is 1.74 bits per heavy atom. The molecule has 0 aliphatic carbocycles. The fourth-order valence-corrected chi connectivity index (χ4v) is 3.16. The monoisotopic (exact) mass is 425 g/mol. The van der Waals surface area contributed by atoms with Crippen molar-refractivity contribution in [3.63, 3.8) is 0 Å². The van der Waals surface area contributed by atoms with Gasteiger partial charge >= 0.3 is 5.97 Å². The number of phenols is 2. The van der Waals surface area contributed by atoms with E-state index in [0.717, 1.165) is 11.1 Å². The van der Waals surface area contributed by atoms with Crippen molar-refractivity contribution in [2.75, 3.05) is 0 Å². The van der Waals surface area contributed by atoms with Crippen LogP contribution in [0, 0.1) is 0 Å². The summed E-state index contributed by atoms with van der Waals surface area (Å²) >= 11 is 3.36. The highest BCUT2D eigenvalue weighted by Crippen LogP contribution is 2.30. The maximum absolute atomic E-state index is 10.9. The van der Waals surface area contributed by atoms with Crippen molar-refractivity contribution in [3.8, 4) is 11.5 Å². The van der Waals surface area contributed by atoms with Gasteiger partial charge in [0, 0.05) is 17.8 Å². The molecule has 0 heterocycles. The third kappa shape index (κ3) is 4.54. The normalized spacial score (nSPS) is 11.0. The summed E-state index contributed by atoms with van der Waals surface area (Å²) in [4.78, 5) is 15.2. The Hall–Kier alpha value is -3.12. The summed E-state index contributed by atoms with van der Waals surface area (Å²) in [7, 11) is 0. The Morgan fingerprint density at radius 1 is 1.00 bits per heavy atom. The van der Waals surface area contributed by atoms with Crippen molar-refractivity contribution < 1.29 is 20.1 Å². The first-order valence-electron chi connectivity index (χ1n) is 8.09. The molecule has 0 aromatic heterocycles. The highest BCUT2D eigenvalue weighted by atomic mass is 79.9. The maximum Gasteiger partial charge on any atom is 0.339 e. The van der Waals surface area contributed by atoms with Crippen molar-refractivity contribution in [2.45, 2.75) is 6.42 Å². The minimum atomic E-state index is -1.21. The van der Waals surface area contributed by atoms with Gasteiger partial charge < -0.3 is 15.3 Å². The number of phenolic OH excluding ortho intramolecular Hbond substituents is 1. The third-order valence-corrected chi connectivity index (χ3v) is 4.57. The molecule has 6 heteroatoms. The van der Waals surface area contributed by atoms with Crippen molar-refractivity contribution in [3.05, 3.63) is 87.4 Å². The number of hydrogen-bond acceptors (Lipinski definition) is 4. The molecule has 0 spiro atoms. The molecule has 0 saturated heterocycles. The Labute approximate surface area is 164 Å². The SMILES string of the molecule is O=C(O)c1ccc(N=Cc2cc(Cc3ccccc3)cc(Br)c2O)cc1O. The van der Waals surface area contributed by atoms with Crippen molar-refractivity contribution in [1.82, 2.24) is 0 Å². The predicted octanol–water partition coefficient (Wildman–Crippen LogP) is 4.90. The van der Waals surface area contributed by atoms with E-state index >= 15 is 0 Å². The fraction of sp³-hybridized carbons (Fsp3) is 0.0476. The van der Waals surface area contributed by atoms with E-state index in [2.05, 4.69) is 20.9 Å². The lowest BCUT2D eigenvalue weighted by molar-refractivity contribution is 0.0694. The first kappa shape index (κ1) is 18.7. The van der Waals surface area contributed by atoms with E-state index in [1.54, 1.807) is 0 Å². The van der Waals surface area contributed by atoms with Crippen LogP contribution in [0.2, 0.25) is 0 Å². The number of benzene rings is 3. The van der Waals surface area contributed by atoms with E-state index in [-0.39, 0.29) is 17.1 Å². The Balaban J connectivity index is 1.89. The molecule has 3 rings (SSSR count). The number of rotatable bonds is 5. The minimum Gasteiger partial charge on any atom is -0.507 e. The van der Waals surface area contributed by atoms with Crippen LogP contribution in [0.25, 0.3) is 0 Å². The van der Waals surface area contributed by atoms with Gasteiger partial charge in [-0.1, -0.05) is 30.3 Å². The molecule has 0 amide bonds. The van der Waals surface area contributed by atoms with E-state index < -0.39 is 5.97 Å². The first-order valence-corrected chi connectivity index (χ1v) is 8.89. The van der Waals surface area contributed by atoms with Gasteiger partial charge in [0.2, 0.25) is 0 Å². The predicted molar refractivity (Wildman–Crippen MR) is 107 cm³/mol. The molecular formula is C21H16BrNO4. The molecule has 0 aliphatic heterocycles. The number of carbonyl (C=O) groups is 1. The van der Waals surface area contributed by atoms with E-state index in [1.807, 2.05) is 42.5 Å². The van der Waals surface area contributed by atoms with Crippen molar-refractivity contribution in [1.29, 1.82) is 0 Å². The first-order chi connectivity index (χ1) is 12.9. The van der Waals surface area contributed by atoms with Gasteiger partial charge in [-0.05, 0) is 57.7 Å². The highest BCUT2D eigenvalue weighted by Gasteiger charge is 2.10. The van der Waals surface area contributed by atoms with Crippen LogP contribution in [-0.4, -0.2) is 27.5 Å². The number of halogens is 1. The summed E-state index contributed by atoms with van der Waals surface area (Å²) in [5.41, 5.74) is 2.84. The van der Waals surface area contributed by atoms with Gasteiger partial charge in [-0.2, -0.15) is 0 Å². The zero-order valence-corrected chi connectivity index (χ0v) is 15.7. The minimum absolute atomic E-state index is 0.0574. The molecule has 0 fully saturated rings. The molecule has 27 heavy (non-hydrogen) atoms. The van der Waals surface area contributed by atoms with Gasteiger partial charge in [0.1, 0.15) is 17.1 Å². The molecule has 0 radical (unpaired) electrons. The number of aromatic hydroxyl groups is 2. The summed E-state index contributed by atoms with van der Waals surface area (Å²) < 4.78 is 0.557. The average molecular weight is 426 g/mol. The summed E-state index contributed by atoms with van der Waals surface area (Å²) in [5.74, 6) is -1.51. The number of carboxylic acid groups (broad SMARTS) is 1. The van der Waals surface area contributed by atoms with E-state index in [4.69, 9.17) is 5.11 Å². The molecule has 5 nitrogen and oxygen atoms in total. The third-order valence-electron chi connectivity index (χ3n) is 3.97. The zero-order valence-electron chi connectivity index (χ0n) is 14.1. The standard InChI is InChI=1S/C21H16BrNO4/c22-18-10-14(8-13-4-2-1-3-5-13)9-15(20(18)25)12-23-16-6-7-17(21(26)27)19(24)11-16/h1-7,9-12,24-25H,8H2,(H,26,27). The van der Waals surface area contributed by atoms with Gasteiger partial charge in [0.25, 0.3) is 0 Å². The van der Waals surface area contributed by atoms with Crippen LogP contribution in [0.1, 0.15) is 27.0 Å². The number of hydrogen-bond donors (Lipinski definition) is 3. The van der Waals surface area contributed by atoms with Gasteiger partial charge in [-0.15, -0.1) is 0 Å². The molecular weight excluding hydrogens is 410 g/mol. The molecule has 0 saturated carbocycles. The maximum atomic E-state index is 10.9. The lowest BCUT2D eigenvalue weighted by Gasteiger charge is -2.08. The summed E-state index contributed by atoms with van der Waals surface area (Å²) in [5, 5.41) is 29.0. The average Bonchev–Trinajstić information content (AvgIpc) is 2.64. The van der Waals surface area contributed by atoms with Crippen LogP contribution in [0.4, 0.5) is 5.69 Å². The second-order valence-electron chi connectivity index (χ2n) is 5.94. The summed E-state index contributed by atoms with van der Waals surface area (Å²) in [6.45, 7) is 0. The summed E-state index contributed by atoms with van der Waals surface area (Å²) in [6, 6.07) is 17.7. The van der Waals surface area contributed by atoms with Gasteiger partial charge in [-0.25, -0.2) is 4.79 Å². The van der Waals surface area contributed by atoms with Crippen LogP contribution in [0.5, 0.6) is 11.5 Å². The largest absolute Gasteiger partial charge is 0.507 e. The van der Waals surface area contributed by atoms with Crippen LogP contribution in [0.15, 0.2) is 70.1 Å². The molecule has 0 unspecified atom stereocenters. The molecule has 3 aromatic rings. The lowest BCUT2D eigenvalue weighted by Crippen LogP contribution is -1.95. The smallest absolute Gasteiger partial charge is 0.339 e. The van der Waals surface area contributed by atoms with Crippen LogP contribution < -0.4 is 0 Å². The second-order valence-corrected chi connectivity index (χ2v) is 6.80. The Kier molecular flexibility index (Phi) is 5.57. The zero-order chi connectivity index (χ0) is 19.4. The lowest BCUT2D eigenvalue weighted by atomic mass is 10.0. The Morgan fingerprint density at radius 3 is 2.41 bits per heavy atom. The quantitative estimate of drug-likeness (QED) is 0.507. The fourth-order valence-electron chi connectivity index (χ4n) is 2.64. The molecule has 3 aromatic carbocycles. The number of carboxylic acids is 1. The van der Waals surface area contributed by atoms with E-state index in [9.17, 15) is 15.0 Å². The van der Waals surface area contributed by atoms with Crippen molar-refractivity contribution >= 4 is 33.8 Å². The molecule has 136 valence electrons. The second kappa shape index (κ2) is 8.05. The van der Waals surface area contributed by atoms with Gasteiger partial charge in [-0.3, -0.25) is 4.99 Å². The van der Waals surface area contributed by atoms with Gasteiger partial charge in [0.05, 0.1) is 10.2 Å². The number of aliphatic imine (C=N–C) groups is 1. The topological polar surface area (TPSA) is 90.1 Å². The van der Waals surface area contributed by atoms with E-state index in [0.29, 0.717) is 22.1 Å². The Bertz CT molecular complexity index is 1020. The molecule has 0 bridgehead atoms. The van der Waals surface area contributed by atoms with Crippen LogP contribution in [0.3, 0.4) is 0 Å². The number of nitrogens with zero attached hydrogens (tertiary/aromatic N) is 1. The van der Waals surface area contributed by atoms with Gasteiger partial charge in [0.15, 0.2) is 0 Å². The highest BCUT2D eigenvalue weighted by molar-refractivity contribution is 9.10. The molecule has 0 aliphatic rings. The molecule has 3 N–H and O–H groups in total. The number of aromatic carboxylic acids is 1. The van der Waals surface area contributed by atoms with Crippen LogP contribution >= 0.6 is 15.9 Å². The summed E-state index contributed by atoms with van der Waals surface area (Å²) in [6.07, 6.45) is 2.18. The van der Waals surface area contributed by atoms with Crippen LogP contribution in [-0.2, 0) is 6.42 Å². The molecule has 0 atom stereocenters. The van der Waals surface area contributed by atoms with Crippen molar-refractivity contribution in [2.24, 2.45) is 4.99 Å². The van der Waals surface area contributed by atoms with E-state index in [1.165, 1.54) is 24.4 Å².